The summed E-state index contributed by atoms with van der Waals surface area (Å²) in [5.41, 5.74) is 0.0549. The Balaban J connectivity index is 4.02. The number of aliphatic carboxylic acids is 1. The molecule has 0 aromatic carbocycles. The lowest BCUT2D eigenvalue weighted by Crippen LogP contribution is -2.33. The van der Waals surface area contributed by atoms with E-state index >= 15 is 0 Å². The summed E-state index contributed by atoms with van der Waals surface area (Å²) in [5, 5.41) is 14.9. The van der Waals surface area contributed by atoms with E-state index in [1.54, 1.807) is 0 Å². The van der Waals surface area contributed by atoms with Gasteiger partial charge in [-0.15, -0.1) is 0 Å². The average molecular weight is 300 g/mol. The predicted octanol–water partition coefficient (Wildman–Crippen LogP) is 2.41. The minimum absolute atomic E-state index is 0.0500. The van der Waals surface area contributed by atoms with E-state index < -0.39 is 5.97 Å². The van der Waals surface area contributed by atoms with Crippen molar-refractivity contribution < 1.29 is 14.7 Å². The molecule has 0 aliphatic heterocycles. The SMILES string of the molecule is CC(C)NCCC(=O)NCCC(CCC(=O)O)C(C)(C)C. The quantitative estimate of drug-likeness (QED) is 0.579. The second kappa shape index (κ2) is 9.77. The summed E-state index contributed by atoms with van der Waals surface area (Å²) in [4.78, 5) is 22.4. The molecule has 0 aliphatic rings. The molecule has 0 aromatic heterocycles. The first kappa shape index (κ1) is 19.9. The lowest BCUT2D eigenvalue weighted by molar-refractivity contribution is -0.137. The van der Waals surface area contributed by atoms with Crippen LogP contribution in [0.4, 0.5) is 0 Å². The summed E-state index contributed by atoms with van der Waals surface area (Å²) in [6.07, 6.45) is 2.14. The summed E-state index contributed by atoms with van der Waals surface area (Å²) < 4.78 is 0. The van der Waals surface area contributed by atoms with Gasteiger partial charge in [0.2, 0.25) is 5.91 Å². The van der Waals surface area contributed by atoms with Crippen LogP contribution >= 0.6 is 0 Å². The normalized spacial score (nSPS) is 13.2. The lowest BCUT2D eigenvalue weighted by atomic mass is 9.76. The fourth-order valence-electron chi connectivity index (χ4n) is 2.26. The maximum Gasteiger partial charge on any atom is 0.303 e. The van der Waals surface area contributed by atoms with Crippen LogP contribution in [0.2, 0.25) is 0 Å². The molecule has 21 heavy (non-hydrogen) atoms. The van der Waals surface area contributed by atoms with Gasteiger partial charge in [-0.25, -0.2) is 0 Å². The highest BCUT2D eigenvalue weighted by Gasteiger charge is 2.24. The Morgan fingerprint density at radius 2 is 1.67 bits per heavy atom. The fourth-order valence-corrected chi connectivity index (χ4v) is 2.26. The smallest absolute Gasteiger partial charge is 0.303 e. The second-order valence-electron chi connectivity index (χ2n) is 6.99. The van der Waals surface area contributed by atoms with Crippen LogP contribution in [0.3, 0.4) is 0 Å². The molecule has 0 radical (unpaired) electrons. The predicted molar refractivity (Wildman–Crippen MR) is 85.2 cm³/mol. The van der Waals surface area contributed by atoms with E-state index in [1.165, 1.54) is 0 Å². The van der Waals surface area contributed by atoms with Crippen molar-refractivity contribution in [3.05, 3.63) is 0 Å². The highest BCUT2D eigenvalue weighted by molar-refractivity contribution is 5.76. The van der Waals surface area contributed by atoms with Crippen molar-refractivity contribution in [1.29, 1.82) is 0 Å². The Morgan fingerprint density at radius 1 is 1.05 bits per heavy atom. The molecule has 0 aliphatic carbocycles. The van der Waals surface area contributed by atoms with E-state index in [-0.39, 0.29) is 17.7 Å². The number of carboxylic acids is 1. The van der Waals surface area contributed by atoms with Gasteiger partial charge in [-0.3, -0.25) is 9.59 Å². The third-order valence-electron chi connectivity index (χ3n) is 3.65. The van der Waals surface area contributed by atoms with E-state index in [2.05, 4.69) is 31.4 Å². The molecule has 1 unspecified atom stereocenters. The van der Waals surface area contributed by atoms with Crippen LogP contribution in [0.5, 0.6) is 0 Å². The number of carboxylic acid groups (broad SMARTS) is 1. The van der Waals surface area contributed by atoms with Gasteiger partial charge in [0.05, 0.1) is 0 Å². The van der Waals surface area contributed by atoms with Crippen molar-refractivity contribution in [1.82, 2.24) is 10.6 Å². The zero-order valence-electron chi connectivity index (χ0n) is 14.2. The second-order valence-corrected chi connectivity index (χ2v) is 6.99. The minimum atomic E-state index is -0.756. The van der Waals surface area contributed by atoms with Crippen molar-refractivity contribution >= 4 is 11.9 Å². The molecule has 5 nitrogen and oxygen atoms in total. The number of nitrogens with one attached hydrogen (secondary N) is 2. The number of hydrogen-bond donors (Lipinski definition) is 3. The first-order chi connectivity index (χ1) is 9.62. The van der Waals surface area contributed by atoms with E-state index in [9.17, 15) is 9.59 Å². The molecule has 124 valence electrons. The van der Waals surface area contributed by atoms with Gasteiger partial charge in [-0.1, -0.05) is 34.6 Å². The van der Waals surface area contributed by atoms with E-state index in [1.807, 2.05) is 13.8 Å². The van der Waals surface area contributed by atoms with Gasteiger partial charge in [0.1, 0.15) is 0 Å². The lowest BCUT2D eigenvalue weighted by Gasteiger charge is -2.30. The molecule has 0 saturated heterocycles. The van der Waals surface area contributed by atoms with Gasteiger partial charge in [0, 0.05) is 32.0 Å². The Hall–Kier alpha value is -1.10. The topological polar surface area (TPSA) is 78.4 Å². The van der Waals surface area contributed by atoms with Crippen LogP contribution in [0.25, 0.3) is 0 Å². The van der Waals surface area contributed by atoms with Crippen molar-refractivity contribution in [2.75, 3.05) is 13.1 Å². The summed E-state index contributed by atoms with van der Waals surface area (Å²) in [6, 6.07) is 0.388. The molecular formula is C16H32N2O3. The summed E-state index contributed by atoms with van der Waals surface area (Å²) in [7, 11) is 0. The third kappa shape index (κ3) is 11.3. The zero-order chi connectivity index (χ0) is 16.5. The third-order valence-corrected chi connectivity index (χ3v) is 3.65. The maximum atomic E-state index is 11.7. The van der Waals surface area contributed by atoms with Gasteiger partial charge in [-0.05, 0) is 24.2 Å². The first-order valence-corrected chi connectivity index (χ1v) is 7.84. The molecule has 0 heterocycles. The van der Waals surface area contributed by atoms with Crippen molar-refractivity contribution in [2.24, 2.45) is 11.3 Å². The molecular weight excluding hydrogens is 268 g/mol. The van der Waals surface area contributed by atoms with E-state index in [0.29, 0.717) is 37.9 Å². The molecule has 1 atom stereocenters. The number of hydrogen-bond acceptors (Lipinski definition) is 3. The number of carbonyl (C=O) groups is 2. The van der Waals surface area contributed by atoms with Crippen LogP contribution in [0.1, 0.15) is 60.3 Å². The van der Waals surface area contributed by atoms with Crippen LogP contribution in [-0.4, -0.2) is 36.1 Å². The highest BCUT2D eigenvalue weighted by Crippen LogP contribution is 2.32. The largest absolute Gasteiger partial charge is 0.481 e. The molecule has 0 bridgehead atoms. The van der Waals surface area contributed by atoms with Gasteiger partial charge in [-0.2, -0.15) is 0 Å². The van der Waals surface area contributed by atoms with Gasteiger partial charge in [0.15, 0.2) is 0 Å². The number of carbonyl (C=O) groups excluding carboxylic acids is 1. The van der Waals surface area contributed by atoms with Gasteiger partial charge in [0.25, 0.3) is 0 Å². The molecule has 0 rings (SSSR count). The molecule has 0 saturated carbocycles. The number of rotatable bonds is 10. The summed E-state index contributed by atoms with van der Waals surface area (Å²) >= 11 is 0. The Kier molecular flexibility index (Phi) is 9.26. The molecule has 1 amide bonds. The molecule has 0 aromatic rings. The first-order valence-electron chi connectivity index (χ1n) is 7.84. The van der Waals surface area contributed by atoms with Crippen LogP contribution in [-0.2, 0) is 9.59 Å². The van der Waals surface area contributed by atoms with Crippen molar-refractivity contribution in [2.45, 2.75) is 66.3 Å². The Bertz CT molecular complexity index is 322. The number of amides is 1. The summed E-state index contributed by atoms with van der Waals surface area (Å²) in [5.74, 6) is -0.412. The standard InChI is InChI=1S/C16H32N2O3/c1-12(2)17-11-9-14(19)18-10-8-13(16(3,4)5)6-7-15(20)21/h12-13,17H,6-11H2,1-5H3,(H,18,19)(H,20,21). The van der Waals surface area contributed by atoms with Crippen molar-refractivity contribution in [3.63, 3.8) is 0 Å². The van der Waals surface area contributed by atoms with Gasteiger partial charge < -0.3 is 15.7 Å². The molecule has 5 heteroatoms. The highest BCUT2D eigenvalue weighted by atomic mass is 16.4. The Labute approximate surface area is 128 Å². The van der Waals surface area contributed by atoms with E-state index in [0.717, 1.165) is 6.42 Å². The van der Waals surface area contributed by atoms with Crippen LogP contribution in [0, 0.1) is 11.3 Å². The van der Waals surface area contributed by atoms with Crippen molar-refractivity contribution in [3.8, 4) is 0 Å². The molecule has 0 spiro atoms. The average Bonchev–Trinajstić information content (AvgIpc) is 2.31. The molecule has 0 fully saturated rings. The van der Waals surface area contributed by atoms with Crippen LogP contribution < -0.4 is 10.6 Å². The Morgan fingerprint density at radius 3 is 2.14 bits per heavy atom. The maximum absolute atomic E-state index is 11.7. The van der Waals surface area contributed by atoms with E-state index in [4.69, 9.17) is 5.11 Å². The minimum Gasteiger partial charge on any atom is -0.481 e. The summed E-state index contributed by atoms with van der Waals surface area (Å²) in [6.45, 7) is 11.8. The monoisotopic (exact) mass is 300 g/mol. The van der Waals surface area contributed by atoms with Gasteiger partial charge >= 0.3 is 5.97 Å². The fraction of sp³-hybridized carbons (Fsp3) is 0.875. The molecule has 3 N–H and O–H groups in total. The zero-order valence-corrected chi connectivity index (χ0v) is 14.2. The van der Waals surface area contributed by atoms with Crippen LogP contribution in [0.15, 0.2) is 0 Å².